The molecule has 0 amide bonds. The maximum Gasteiger partial charge on any atom is 0.162 e. The SMILES string of the molecule is Nc1cc(C2CC2)nc(-c2cc(Cl)ccc2Br)n1. The average molecular weight is 325 g/mol. The van der Waals surface area contributed by atoms with Crippen LogP contribution in [-0.2, 0) is 0 Å². The lowest BCUT2D eigenvalue weighted by atomic mass is 10.2. The summed E-state index contributed by atoms with van der Waals surface area (Å²) in [5.74, 6) is 1.69. The minimum absolute atomic E-state index is 0.508. The van der Waals surface area contributed by atoms with Crippen LogP contribution >= 0.6 is 27.5 Å². The normalized spacial score (nSPS) is 14.8. The van der Waals surface area contributed by atoms with Crippen LogP contribution in [0.15, 0.2) is 28.7 Å². The quantitative estimate of drug-likeness (QED) is 0.907. The Morgan fingerprint density at radius 2 is 2.00 bits per heavy atom. The molecule has 1 aromatic carbocycles. The minimum atomic E-state index is 0.508. The monoisotopic (exact) mass is 323 g/mol. The van der Waals surface area contributed by atoms with Crippen molar-refractivity contribution in [2.24, 2.45) is 0 Å². The molecule has 1 heterocycles. The largest absolute Gasteiger partial charge is 0.384 e. The number of aromatic nitrogens is 2. The molecule has 92 valence electrons. The van der Waals surface area contributed by atoms with Crippen LogP contribution in [0, 0.1) is 0 Å². The fourth-order valence-electron chi connectivity index (χ4n) is 1.86. The highest BCUT2D eigenvalue weighted by Gasteiger charge is 2.26. The topological polar surface area (TPSA) is 51.8 Å². The van der Waals surface area contributed by atoms with Crippen molar-refractivity contribution >= 4 is 33.3 Å². The number of nitrogen functional groups attached to an aromatic ring is 1. The summed E-state index contributed by atoms with van der Waals surface area (Å²) in [7, 11) is 0. The van der Waals surface area contributed by atoms with E-state index in [2.05, 4.69) is 25.9 Å². The van der Waals surface area contributed by atoms with E-state index >= 15 is 0 Å². The molecule has 5 heteroatoms. The Bertz CT molecular complexity index is 611. The summed E-state index contributed by atoms with van der Waals surface area (Å²) in [6, 6.07) is 7.42. The fraction of sp³-hybridized carbons (Fsp3) is 0.231. The van der Waals surface area contributed by atoms with Crippen LogP contribution in [0.3, 0.4) is 0 Å². The molecule has 0 saturated heterocycles. The van der Waals surface area contributed by atoms with Gasteiger partial charge in [0, 0.05) is 32.7 Å². The summed E-state index contributed by atoms with van der Waals surface area (Å²) >= 11 is 9.50. The molecular formula is C13H11BrClN3. The van der Waals surface area contributed by atoms with Crippen molar-refractivity contribution in [3.63, 3.8) is 0 Å². The average Bonchev–Trinajstić information content (AvgIpc) is 3.15. The zero-order valence-electron chi connectivity index (χ0n) is 9.53. The van der Waals surface area contributed by atoms with Crippen molar-refractivity contribution in [2.45, 2.75) is 18.8 Å². The van der Waals surface area contributed by atoms with Gasteiger partial charge in [0.15, 0.2) is 5.82 Å². The van der Waals surface area contributed by atoms with Crippen LogP contribution < -0.4 is 5.73 Å². The van der Waals surface area contributed by atoms with Gasteiger partial charge >= 0.3 is 0 Å². The molecule has 3 nitrogen and oxygen atoms in total. The first kappa shape index (κ1) is 11.9. The second-order valence-corrected chi connectivity index (χ2v) is 5.73. The van der Waals surface area contributed by atoms with Crippen molar-refractivity contribution in [2.75, 3.05) is 5.73 Å². The van der Waals surface area contributed by atoms with E-state index in [1.807, 2.05) is 24.3 Å². The molecule has 0 bridgehead atoms. The molecule has 2 aromatic rings. The molecule has 0 radical (unpaired) electrons. The number of halogens is 2. The van der Waals surface area contributed by atoms with Crippen molar-refractivity contribution in [3.05, 3.63) is 39.5 Å². The third-order valence-corrected chi connectivity index (χ3v) is 3.86. The van der Waals surface area contributed by atoms with Gasteiger partial charge in [-0.2, -0.15) is 0 Å². The number of hydrogen-bond acceptors (Lipinski definition) is 3. The number of rotatable bonds is 2. The Kier molecular flexibility index (Phi) is 2.99. The van der Waals surface area contributed by atoms with E-state index in [0.717, 1.165) is 15.7 Å². The number of nitrogens with zero attached hydrogens (tertiary/aromatic N) is 2. The van der Waals surface area contributed by atoms with Gasteiger partial charge in [-0.1, -0.05) is 27.5 Å². The van der Waals surface area contributed by atoms with E-state index in [-0.39, 0.29) is 0 Å². The van der Waals surface area contributed by atoms with Gasteiger partial charge in [-0.3, -0.25) is 0 Å². The van der Waals surface area contributed by atoms with Gasteiger partial charge in [-0.25, -0.2) is 9.97 Å². The molecule has 0 unspecified atom stereocenters. The van der Waals surface area contributed by atoms with Crippen LogP contribution in [-0.4, -0.2) is 9.97 Å². The zero-order chi connectivity index (χ0) is 12.7. The molecule has 1 aliphatic carbocycles. The van der Waals surface area contributed by atoms with Crippen LogP contribution in [0.5, 0.6) is 0 Å². The highest BCUT2D eigenvalue weighted by Crippen LogP contribution is 2.40. The Morgan fingerprint density at radius 3 is 2.72 bits per heavy atom. The molecule has 2 N–H and O–H groups in total. The van der Waals surface area contributed by atoms with E-state index in [1.165, 1.54) is 12.8 Å². The first-order valence-corrected chi connectivity index (χ1v) is 6.90. The van der Waals surface area contributed by atoms with E-state index < -0.39 is 0 Å². The molecule has 3 rings (SSSR count). The molecule has 0 atom stereocenters. The van der Waals surface area contributed by atoms with Gasteiger partial charge in [-0.05, 0) is 31.0 Å². The lowest BCUT2D eigenvalue weighted by Gasteiger charge is -2.07. The molecule has 0 aliphatic heterocycles. The second kappa shape index (κ2) is 4.52. The number of benzene rings is 1. The predicted octanol–water partition coefficient (Wildman–Crippen LogP) is 4.02. The summed E-state index contributed by atoms with van der Waals surface area (Å²) in [5.41, 5.74) is 7.75. The summed E-state index contributed by atoms with van der Waals surface area (Å²) in [6.07, 6.45) is 2.37. The van der Waals surface area contributed by atoms with Gasteiger partial charge < -0.3 is 5.73 Å². The van der Waals surface area contributed by atoms with Crippen molar-refractivity contribution < 1.29 is 0 Å². The highest BCUT2D eigenvalue weighted by atomic mass is 79.9. The van der Waals surface area contributed by atoms with Crippen molar-refractivity contribution in [1.82, 2.24) is 9.97 Å². The Labute approximate surface area is 119 Å². The van der Waals surface area contributed by atoms with E-state index in [1.54, 1.807) is 0 Å². The molecular weight excluding hydrogens is 314 g/mol. The van der Waals surface area contributed by atoms with E-state index in [0.29, 0.717) is 22.6 Å². The van der Waals surface area contributed by atoms with Gasteiger partial charge in [0.05, 0.1) is 0 Å². The maximum absolute atomic E-state index is 6.01. The summed E-state index contributed by atoms with van der Waals surface area (Å²) < 4.78 is 0.916. The lowest BCUT2D eigenvalue weighted by Crippen LogP contribution is -2.00. The highest BCUT2D eigenvalue weighted by molar-refractivity contribution is 9.10. The molecule has 18 heavy (non-hydrogen) atoms. The Morgan fingerprint density at radius 1 is 1.22 bits per heavy atom. The maximum atomic E-state index is 6.01. The molecule has 1 fully saturated rings. The second-order valence-electron chi connectivity index (χ2n) is 4.44. The molecule has 1 aromatic heterocycles. The van der Waals surface area contributed by atoms with E-state index in [9.17, 15) is 0 Å². The number of hydrogen-bond donors (Lipinski definition) is 1. The Hall–Kier alpha value is -1.13. The number of anilines is 1. The van der Waals surface area contributed by atoms with Crippen LogP contribution in [0.25, 0.3) is 11.4 Å². The molecule has 1 saturated carbocycles. The number of nitrogens with two attached hydrogens (primary N) is 1. The van der Waals surface area contributed by atoms with Gasteiger partial charge in [-0.15, -0.1) is 0 Å². The summed E-state index contributed by atoms with van der Waals surface area (Å²) in [6.45, 7) is 0. The summed E-state index contributed by atoms with van der Waals surface area (Å²) in [4.78, 5) is 8.88. The predicted molar refractivity (Wildman–Crippen MR) is 76.6 cm³/mol. The zero-order valence-corrected chi connectivity index (χ0v) is 11.9. The van der Waals surface area contributed by atoms with E-state index in [4.69, 9.17) is 17.3 Å². The third kappa shape index (κ3) is 2.35. The van der Waals surface area contributed by atoms with Gasteiger partial charge in [0.2, 0.25) is 0 Å². The van der Waals surface area contributed by atoms with Gasteiger partial charge in [0.25, 0.3) is 0 Å². The Balaban J connectivity index is 2.12. The first-order valence-electron chi connectivity index (χ1n) is 5.73. The third-order valence-electron chi connectivity index (χ3n) is 2.93. The van der Waals surface area contributed by atoms with Crippen LogP contribution in [0.1, 0.15) is 24.5 Å². The first-order chi connectivity index (χ1) is 8.63. The van der Waals surface area contributed by atoms with Crippen LogP contribution in [0.4, 0.5) is 5.82 Å². The summed E-state index contributed by atoms with van der Waals surface area (Å²) in [5, 5.41) is 0.659. The van der Waals surface area contributed by atoms with Gasteiger partial charge in [0.1, 0.15) is 5.82 Å². The fourth-order valence-corrected chi connectivity index (χ4v) is 2.46. The van der Waals surface area contributed by atoms with Crippen LogP contribution in [0.2, 0.25) is 5.02 Å². The molecule has 0 spiro atoms. The van der Waals surface area contributed by atoms with Crippen molar-refractivity contribution in [1.29, 1.82) is 0 Å². The smallest absolute Gasteiger partial charge is 0.162 e. The molecule has 1 aliphatic rings. The standard InChI is InChI=1S/C13H11BrClN3/c14-10-4-3-8(15)5-9(10)13-17-11(7-1-2-7)6-12(16)18-13/h3-7H,1-2H2,(H2,16,17,18). The lowest BCUT2D eigenvalue weighted by molar-refractivity contribution is 0.998. The minimum Gasteiger partial charge on any atom is -0.384 e. The van der Waals surface area contributed by atoms with Crippen molar-refractivity contribution in [3.8, 4) is 11.4 Å².